The van der Waals surface area contributed by atoms with E-state index in [-0.39, 0.29) is 6.42 Å². The molecule has 0 aliphatic rings. The maximum absolute atomic E-state index is 11.1. The fourth-order valence-corrected chi connectivity index (χ4v) is 4.04. The molecule has 7 nitrogen and oxygen atoms in total. The molecule has 8 heteroatoms. The smallest absolute Gasteiger partial charge is 0.303 e. The molecule has 3 aromatic rings. The largest absolute Gasteiger partial charge is 0.493 e. The van der Waals surface area contributed by atoms with Crippen molar-refractivity contribution in [3.8, 4) is 17.2 Å². The third-order valence-electron chi connectivity index (χ3n) is 4.59. The number of nitrogens with one attached hydrogen (secondary N) is 1. The summed E-state index contributed by atoms with van der Waals surface area (Å²) in [6.07, 6.45) is 5.18. The summed E-state index contributed by atoms with van der Waals surface area (Å²) in [6, 6.07) is 11.4. The number of hydrogen-bond acceptors (Lipinski definition) is 6. The van der Waals surface area contributed by atoms with Crippen LogP contribution in [-0.2, 0) is 11.2 Å². The Kier molecular flexibility index (Phi) is 7.25. The predicted octanol–water partition coefficient (Wildman–Crippen LogP) is 5.16. The SMILES string of the molecule is COc1cc2c(CCC(=O)O)cn(Sc3ccc(O/C(C)=C/C=N)cc3)c2cc1OC. The minimum Gasteiger partial charge on any atom is -0.493 e. The topological polar surface area (TPSA) is 93.8 Å². The van der Waals surface area contributed by atoms with Crippen molar-refractivity contribution < 1.29 is 24.1 Å². The van der Waals surface area contributed by atoms with Crippen LogP contribution in [0.2, 0.25) is 0 Å². The number of carbonyl (C=O) groups is 1. The summed E-state index contributed by atoms with van der Waals surface area (Å²) in [7, 11) is 3.16. The van der Waals surface area contributed by atoms with Crippen molar-refractivity contribution in [3.63, 3.8) is 0 Å². The predicted molar refractivity (Wildman–Crippen MR) is 122 cm³/mol. The van der Waals surface area contributed by atoms with E-state index in [1.807, 2.05) is 46.6 Å². The van der Waals surface area contributed by atoms with Crippen LogP contribution in [0.25, 0.3) is 10.9 Å². The maximum atomic E-state index is 11.1. The Bertz CT molecular complexity index is 1120. The molecule has 1 aromatic heterocycles. The normalized spacial score (nSPS) is 11.4. The first-order chi connectivity index (χ1) is 14.9. The standard InChI is InChI=1S/C23H24N2O5S/c1-15(10-11-24)30-17-5-7-18(8-6-17)31-25-14-16(4-9-23(26)27)19-12-21(28-2)22(29-3)13-20(19)25/h5-8,10-14,24H,4,9H2,1-3H3,(H,26,27)/b15-10+,24-11?. The number of allylic oxidation sites excluding steroid dienone is 2. The van der Waals surface area contributed by atoms with E-state index < -0.39 is 5.97 Å². The van der Waals surface area contributed by atoms with Gasteiger partial charge in [-0.15, -0.1) is 0 Å². The fourth-order valence-electron chi connectivity index (χ4n) is 3.12. The molecule has 0 amide bonds. The average Bonchev–Trinajstić information content (AvgIpc) is 3.09. The molecule has 0 radical (unpaired) electrons. The first-order valence-corrected chi connectivity index (χ1v) is 10.3. The second kappa shape index (κ2) is 10.1. The molecule has 2 N–H and O–H groups in total. The Morgan fingerprint density at radius 3 is 2.45 bits per heavy atom. The van der Waals surface area contributed by atoms with Crippen molar-refractivity contribution in [2.75, 3.05) is 14.2 Å². The summed E-state index contributed by atoms with van der Waals surface area (Å²) in [6.45, 7) is 1.79. The lowest BCUT2D eigenvalue weighted by molar-refractivity contribution is -0.136. The van der Waals surface area contributed by atoms with Gasteiger partial charge in [0.25, 0.3) is 0 Å². The van der Waals surface area contributed by atoms with Gasteiger partial charge in [0, 0.05) is 35.2 Å². The van der Waals surface area contributed by atoms with E-state index >= 15 is 0 Å². The number of rotatable bonds is 10. The van der Waals surface area contributed by atoms with Crippen LogP contribution in [0.5, 0.6) is 17.2 Å². The van der Waals surface area contributed by atoms with Gasteiger partial charge in [-0.25, -0.2) is 0 Å². The summed E-state index contributed by atoms with van der Waals surface area (Å²) >= 11 is 1.51. The van der Waals surface area contributed by atoms with Gasteiger partial charge in [0.2, 0.25) is 0 Å². The van der Waals surface area contributed by atoms with Crippen LogP contribution in [-0.4, -0.2) is 35.5 Å². The zero-order chi connectivity index (χ0) is 22.4. The number of methoxy groups -OCH3 is 2. The van der Waals surface area contributed by atoms with Gasteiger partial charge in [0.1, 0.15) is 11.5 Å². The van der Waals surface area contributed by atoms with Gasteiger partial charge < -0.3 is 24.7 Å². The van der Waals surface area contributed by atoms with Crippen molar-refractivity contribution in [2.45, 2.75) is 24.7 Å². The van der Waals surface area contributed by atoms with Crippen LogP contribution in [0.4, 0.5) is 0 Å². The molecule has 0 fully saturated rings. The van der Waals surface area contributed by atoms with E-state index in [1.165, 1.54) is 18.2 Å². The second-order valence-electron chi connectivity index (χ2n) is 6.71. The summed E-state index contributed by atoms with van der Waals surface area (Å²) < 4.78 is 18.5. The van der Waals surface area contributed by atoms with Crippen LogP contribution in [0.3, 0.4) is 0 Å². The molecule has 0 aliphatic heterocycles. The Morgan fingerprint density at radius 1 is 1.16 bits per heavy atom. The number of carboxylic acids is 1. The number of aryl methyl sites for hydroxylation is 1. The number of aromatic nitrogens is 1. The number of nitrogens with zero attached hydrogens (tertiary/aromatic N) is 1. The molecular weight excluding hydrogens is 416 g/mol. The summed E-state index contributed by atoms with van der Waals surface area (Å²) in [5, 5.41) is 17.1. The molecule has 0 spiro atoms. The van der Waals surface area contributed by atoms with E-state index in [0.717, 1.165) is 21.4 Å². The third-order valence-corrected chi connectivity index (χ3v) is 5.57. The van der Waals surface area contributed by atoms with E-state index in [2.05, 4.69) is 0 Å². The molecule has 0 unspecified atom stereocenters. The molecular formula is C23H24N2O5S. The highest BCUT2D eigenvalue weighted by molar-refractivity contribution is 7.98. The molecule has 162 valence electrons. The summed E-state index contributed by atoms with van der Waals surface area (Å²) in [5.74, 6) is 1.69. The third kappa shape index (κ3) is 5.40. The van der Waals surface area contributed by atoms with E-state index in [9.17, 15) is 4.79 Å². The first-order valence-electron chi connectivity index (χ1n) is 9.56. The van der Waals surface area contributed by atoms with Gasteiger partial charge in [-0.1, -0.05) is 0 Å². The van der Waals surface area contributed by atoms with Crippen LogP contribution in [0.15, 0.2) is 59.3 Å². The van der Waals surface area contributed by atoms with Crippen molar-refractivity contribution in [2.24, 2.45) is 0 Å². The molecule has 0 saturated heterocycles. The number of benzene rings is 2. The Labute approximate surface area is 184 Å². The van der Waals surface area contributed by atoms with Crippen molar-refractivity contribution in [3.05, 3.63) is 60.0 Å². The lowest BCUT2D eigenvalue weighted by atomic mass is 10.1. The second-order valence-corrected chi connectivity index (χ2v) is 7.75. The summed E-state index contributed by atoms with van der Waals surface area (Å²) in [4.78, 5) is 12.1. The quantitative estimate of drug-likeness (QED) is 0.334. The lowest BCUT2D eigenvalue weighted by Crippen LogP contribution is -1.97. The highest BCUT2D eigenvalue weighted by Crippen LogP contribution is 2.38. The van der Waals surface area contributed by atoms with Crippen LogP contribution in [0, 0.1) is 5.41 Å². The van der Waals surface area contributed by atoms with Gasteiger partial charge in [0.05, 0.1) is 19.7 Å². The number of aliphatic carboxylic acids is 1. The van der Waals surface area contributed by atoms with Gasteiger partial charge in [0.15, 0.2) is 11.5 Å². The minimum atomic E-state index is -0.836. The number of fused-ring (bicyclic) bond motifs is 1. The van der Waals surface area contributed by atoms with Crippen LogP contribution in [0.1, 0.15) is 18.9 Å². The van der Waals surface area contributed by atoms with Gasteiger partial charge >= 0.3 is 5.97 Å². The van der Waals surface area contributed by atoms with Gasteiger partial charge in [-0.05, 0) is 67.3 Å². The van der Waals surface area contributed by atoms with Crippen LogP contribution >= 0.6 is 11.9 Å². The zero-order valence-electron chi connectivity index (χ0n) is 17.5. The highest BCUT2D eigenvalue weighted by Gasteiger charge is 2.16. The van der Waals surface area contributed by atoms with Crippen molar-refractivity contribution in [1.82, 2.24) is 3.97 Å². The Morgan fingerprint density at radius 2 is 1.84 bits per heavy atom. The number of ether oxygens (including phenoxy) is 3. The molecule has 0 bridgehead atoms. The number of carboxylic acid groups (broad SMARTS) is 1. The molecule has 2 aromatic carbocycles. The van der Waals surface area contributed by atoms with Gasteiger partial charge in [-0.3, -0.25) is 8.77 Å². The molecule has 3 rings (SSSR count). The molecule has 1 heterocycles. The highest BCUT2D eigenvalue weighted by atomic mass is 32.2. The Balaban J connectivity index is 1.94. The number of hydrogen-bond donors (Lipinski definition) is 2. The fraction of sp³-hybridized carbons (Fsp3) is 0.217. The van der Waals surface area contributed by atoms with E-state index in [1.54, 1.807) is 27.2 Å². The van der Waals surface area contributed by atoms with Crippen molar-refractivity contribution >= 4 is 35.0 Å². The molecule has 31 heavy (non-hydrogen) atoms. The Hall–Kier alpha value is -3.39. The van der Waals surface area contributed by atoms with E-state index in [0.29, 0.717) is 29.4 Å². The van der Waals surface area contributed by atoms with Crippen molar-refractivity contribution in [1.29, 1.82) is 5.41 Å². The van der Waals surface area contributed by atoms with Gasteiger partial charge in [-0.2, -0.15) is 0 Å². The minimum absolute atomic E-state index is 0.0484. The van der Waals surface area contributed by atoms with E-state index in [4.69, 9.17) is 24.7 Å². The molecule has 0 saturated carbocycles. The lowest BCUT2D eigenvalue weighted by Gasteiger charge is -2.10. The summed E-state index contributed by atoms with van der Waals surface area (Å²) in [5.41, 5.74) is 1.84. The zero-order valence-corrected chi connectivity index (χ0v) is 18.4. The maximum Gasteiger partial charge on any atom is 0.303 e. The van der Waals surface area contributed by atoms with Crippen LogP contribution < -0.4 is 14.2 Å². The monoisotopic (exact) mass is 440 g/mol. The molecule has 0 atom stereocenters. The first kappa shape index (κ1) is 22.3. The average molecular weight is 441 g/mol. The molecule has 0 aliphatic carbocycles.